The molecule has 0 heterocycles. The van der Waals surface area contributed by atoms with E-state index in [0.717, 1.165) is 12.3 Å². The van der Waals surface area contributed by atoms with Crippen LogP contribution in [0.15, 0.2) is 29.2 Å². The Hall–Kier alpha value is -0.870. The van der Waals surface area contributed by atoms with Gasteiger partial charge in [0.15, 0.2) is 0 Å². The monoisotopic (exact) mass is 326 g/mol. The van der Waals surface area contributed by atoms with E-state index in [1.165, 1.54) is 44.8 Å². The number of unbranched alkanes of at least 4 members (excludes halogenated alkanes) is 1. The van der Waals surface area contributed by atoms with E-state index < -0.39 is 10.1 Å². The van der Waals surface area contributed by atoms with Crippen LogP contribution in [0.4, 0.5) is 0 Å². The Morgan fingerprint density at radius 1 is 1.00 bits per heavy atom. The van der Waals surface area contributed by atoms with Crippen molar-refractivity contribution in [1.29, 1.82) is 0 Å². The van der Waals surface area contributed by atoms with Gasteiger partial charge in [0.1, 0.15) is 0 Å². The fourth-order valence-corrected chi connectivity index (χ4v) is 3.47. The van der Waals surface area contributed by atoms with E-state index in [2.05, 4.69) is 25.0 Å². The minimum Gasteiger partial charge on any atom is -0.270 e. The normalized spacial score (nSPS) is 14.7. The summed E-state index contributed by atoms with van der Waals surface area (Å²) in [5.74, 6) is 1.29. The van der Waals surface area contributed by atoms with Gasteiger partial charge in [-0.15, -0.1) is 0 Å². The number of hydrogen-bond donors (Lipinski definition) is 0. The Kier molecular flexibility index (Phi) is 8.12. The van der Waals surface area contributed by atoms with Crippen LogP contribution < -0.4 is 0 Å². The maximum atomic E-state index is 11.6. The predicted octanol–water partition coefficient (Wildman–Crippen LogP) is 5.12. The van der Waals surface area contributed by atoms with Gasteiger partial charge in [-0.2, -0.15) is 8.42 Å². The van der Waals surface area contributed by atoms with E-state index in [1.54, 1.807) is 12.1 Å². The lowest BCUT2D eigenvalue weighted by Crippen LogP contribution is -2.03. The summed E-state index contributed by atoms with van der Waals surface area (Å²) in [7, 11) is -2.39. The first-order valence-corrected chi connectivity index (χ1v) is 9.72. The van der Waals surface area contributed by atoms with Crippen LogP contribution in [0.25, 0.3) is 0 Å². The quantitative estimate of drug-likeness (QED) is 0.442. The molecule has 0 fully saturated rings. The molecule has 0 spiro atoms. The molecule has 0 saturated heterocycles. The summed E-state index contributed by atoms with van der Waals surface area (Å²) in [5.41, 5.74) is 1.19. The molecule has 0 aromatic heterocycles. The van der Waals surface area contributed by atoms with Crippen molar-refractivity contribution in [2.45, 2.75) is 70.1 Å². The van der Waals surface area contributed by atoms with Crippen molar-refractivity contribution in [2.24, 2.45) is 5.92 Å². The van der Waals surface area contributed by atoms with Gasteiger partial charge in [0, 0.05) is 0 Å². The zero-order chi connectivity index (χ0) is 16.6. The summed E-state index contributed by atoms with van der Waals surface area (Å²) in [6.45, 7) is 6.78. The van der Waals surface area contributed by atoms with Crippen molar-refractivity contribution in [3.05, 3.63) is 29.8 Å². The molecule has 3 nitrogen and oxygen atoms in total. The highest BCUT2D eigenvalue weighted by atomic mass is 32.2. The summed E-state index contributed by atoms with van der Waals surface area (Å²) in [5, 5.41) is 0. The second-order valence-electron chi connectivity index (χ2n) is 6.27. The Labute approximate surface area is 136 Å². The van der Waals surface area contributed by atoms with Crippen molar-refractivity contribution in [3.63, 3.8) is 0 Å². The average molecular weight is 327 g/mol. The molecule has 2 atom stereocenters. The van der Waals surface area contributed by atoms with Crippen molar-refractivity contribution in [1.82, 2.24) is 0 Å². The van der Waals surface area contributed by atoms with Gasteiger partial charge in [-0.3, -0.25) is 4.18 Å². The first kappa shape index (κ1) is 19.2. The highest BCUT2D eigenvalue weighted by molar-refractivity contribution is 7.86. The van der Waals surface area contributed by atoms with Crippen molar-refractivity contribution in [2.75, 3.05) is 7.11 Å². The Balaban J connectivity index is 2.45. The van der Waals surface area contributed by atoms with Gasteiger partial charge >= 0.3 is 0 Å². The largest absolute Gasteiger partial charge is 0.296 e. The van der Waals surface area contributed by atoms with Gasteiger partial charge < -0.3 is 0 Å². The van der Waals surface area contributed by atoms with E-state index in [9.17, 15) is 8.42 Å². The second kappa shape index (κ2) is 9.31. The highest BCUT2D eigenvalue weighted by Gasteiger charge is 2.13. The van der Waals surface area contributed by atoms with Gasteiger partial charge in [0.05, 0.1) is 12.0 Å². The molecule has 0 N–H and O–H groups in total. The minimum absolute atomic E-state index is 0.222. The Morgan fingerprint density at radius 3 is 2.14 bits per heavy atom. The molecule has 0 bridgehead atoms. The molecule has 0 aliphatic heterocycles. The van der Waals surface area contributed by atoms with E-state index in [0.29, 0.717) is 5.92 Å². The average Bonchev–Trinajstić information content (AvgIpc) is 2.51. The van der Waals surface area contributed by atoms with Crippen LogP contribution in [0.5, 0.6) is 0 Å². The standard InChI is InChI=1S/C18H30O3S/c1-5-8-15(2)9-6-7-10-16(3)17-11-13-18(14-12-17)22(19,20)21-4/h11-16H,5-10H2,1-4H3. The van der Waals surface area contributed by atoms with Crippen LogP contribution in [0.3, 0.4) is 0 Å². The summed E-state index contributed by atoms with van der Waals surface area (Å²) in [6, 6.07) is 7.06. The molecule has 2 unspecified atom stereocenters. The van der Waals surface area contributed by atoms with Crippen LogP contribution >= 0.6 is 0 Å². The first-order chi connectivity index (χ1) is 10.4. The third-order valence-electron chi connectivity index (χ3n) is 4.32. The van der Waals surface area contributed by atoms with E-state index in [4.69, 9.17) is 0 Å². The first-order valence-electron chi connectivity index (χ1n) is 8.31. The molecule has 22 heavy (non-hydrogen) atoms. The molecule has 0 saturated carbocycles. The predicted molar refractivity (Wildman–Crippen MR) is 91.6 cm³/mol. The molecular formula is C18H30O3S. The van der Waals surface area contributed by atoms with Gasteiger partial charge in [0.25, 0.3) is 10.1 Å². The smallest absolute Gasteiger partial charge is 0.270 e. The zero-order valence-electron chi connectivity index (χ0n) is 14.3. The fourth-order valence-electron chi connectivity index (χ4n) is 2.81. The SMILES string of the molecule is CCCC(C)CCCCC(C)c1ccc(S(=O)(=O)OC)cc1. The molecule has 0 radical (unpaired) electrons. The van der Waals surface area contributed by atoms with E-state index in [-0.39, 0.29) is 4.90 Å². The minimum atomic E-state index is -3.58. The lowest BCUT2D eigenvalue weighted by Gasteiger charge is -2.14. The number of benzene rings is 1. The fraction of sp³-hybridized carbons (Fsp3) is 0.667. The van der Waals surface area contributed by atoms with Crippen LogP contribution in [0.2, 0.25) is 0 Å². The van der Waals surface area contributed by atoms with Crippen LogP contribution in [-0.4, -0.2) is 15.5 Å². The summed E-state index contributed by atoms with van der Waals surface area (Å²) in [4.78, 5) is 0.222. The van der Waals surface area contributed by atoms with Gasteiger partial charge in [-0.05, 0) is 36.0 Å². The molecule has 126 valence electrons. The number of hydrogen-bond acceptors (Lipinski definition) is 3. The van der Waals surface area contributed by atoms with Crippen LogP contribution in [-0.2, 0) is 14.3 Å². The zero-order valence-corrected chi connectivity index (χ0v) is 15.2. The highest BCUT2D eigenvalue weighted by Crippen LogP contribution is 2.24. The molecule has 0 aliphatic carbocycles. The maximum Gasteiger partial charge on any atom is 0.296 e. The van der Waals surface area contributed by atoms with Crippen LogP contribution in [0, 0.1) is 5.92 Å². The molecular weight excluding hydrogens is 296 g/mol. The van der Waals surface area contributed by atoms with Crippen molar-refractivity contribution >= 4 is 10.1 Å². The second-order valence-corrected chi connectivity index (χ2v) is 7.98. The van der Waals surface area contributed by atoms with Gasteiger partial charge in [-0.25, -0.2) is 0 Å². The van der Waals surface area contributed by atoms with Gasteiger partial charge in [0.2, 0.25) is 0 Å². The Morgan fingerprint density at radius 2 is 1.59 bits per heavy atom. The lowest BCUT2D eigenvalue weighted by molar-refractivity contribution is 0.397. The molecule has 0 amide bonds. The van der Waals surface area contributed by atoms with Crippen LogP contribution in [0.1, 0.15) is 70.8 Å². The van der Waals surface area contributed by atoms with E-state index in [1.807, 2.05) is 12.1 Å². The molecule has 1 aromatic rings. The van der Waals surface area contributed by atoms with E-state index >= 15 is 0 Å². The Bertz CT molecular complexity index is 520. The lowest BCUT2D eigenvalue weighted by atomic mass is 9.93. The number of rotatable bonds is 10. The summed E-state index contributed by atoms with van der Waals surface area (Å²) in [6.07, 6.45) is 7.56. The maximum absolute atomic E-state index is 11.6. The van der Waals surface area contributed by atoms with Crippen molar-refractivity contribution in [3.8, 4) is 0 Å². The summed E-state index contributed by atoms with van der Waals surface area (Å²) < 4.78 is 27.7. The molecule has 1 aromatic carbocycles. The molecule has 4 heteroatoms. The van der Waals surface area contributed by atoms with Crippen molar-refractivity contribution < 1.29 is 12.6 Å². The molecule has 1 rings (SSSR count). The molecule has 0 aliphatic rings. The van der Waals surface area contributed by atoms with Gasteiger partial charge in [-0.1, -0.05) is 65.0 Å². The third kappa shape index (κ3) is 6.09. The summed E-state index contributed by atoms with van der Waals surface area (Å²) >= 11 is 0. The third-order valence-corrected chi connectivity index (χ3v) is 5.61. The topological polar surface area (TPSA) is 43.4 Å².